The zero-order chi connectivity index (χ0) is 23.2. The summed E-state index contributed by atoms with van der Waals surface area (Å²) in [5.41, 5.74) is 1.30. The molecular formula is C24H25N3O4S2. The van der Waals surface area contributed by atoms with E-state index in [4.69, 9.17) is 14.5 Å². The van der Waals surface area contributed by atoms with E-state index < -0.39 is 0 Å². The third-order valence-electron chi connectivity index (χ3n) is 5.03. The lowest BCUT2D eigenvalue weighted by Gasteiger charge is -2.12. The van der Waals surface area contributed by atoms with E-state index in [1.807, 2.05) is 31.2 Å². The van der Waals surface area contributed by atoms with Crippen LogP contribution >= 0.6 is 23.1 Å². The van der Waals surface area contributed by atoms with Crippen molar-refractivity contribution in [3.63, 3.8) is 0 Å². The highest BCUT2D eigenvalue weighted by atomic mass is 32.2. The van der Waals surface area contributed by atoms with E-state index >= 15 is 0 Å². The van der Waals surface area contributed by atoms with Crippen LogP contribution in [0.1, 0.15) is 13.3 Å². The van der Waals surface area contributed by atoms with Crippen molar-refractivity contribution in [2.45, 2.75) is 25.0 Å². The largest absolute Gasteiger partial charge is 0.497 e. The summed E-state index contributed by atoms with van der Waals surface area (Å²) in [6.45, 7) is 3.63. The molecule has 172 valence electrons. The van der Waals surface area contributed by atoms with Crippen LogP contribution in [0.4, 0.5) is 5.69 Å². The number of carbonyl (C=O) groups excluding carboxylic acids is 1. The minimum absolute atomic E-state index is 0.0734. The number of carbonyl (C=O) groups is 1. The Hall–Kier alpha value is -2.88. The summed E-state index contributed by atoms with van der Waals surface area (Å²) in [5, 5.41) is 4.37. The highest BCUT2D eigenvalue weighted by Gasteiger charge is 2.17. The smallest absolute Gasteiger partial charge is 0.272 e. The van der Waals surface area contributed by atoms with Gasteiger partial charge in [0.15, 0.2) is 5.16 Å². The van der Waals surface area contributed by atoms with E-state index in [0.717, 1.165) is 15.8 Å². The Morgan fingerprint density at radius 3 is 2.73 bits per heavy atom. The van der Waals surface area contributed by atoms with Crippen LogP contribution in [0.25, 0.3) is 20.3 Å². The zero-order valence-electron chi connectivity index (χ0n) is 18.5. The van der Waals surface area contributed by atoms with Gasteiger partial charge in [-0.15, -0.1) is 11.3 Å². The maximum Gasteiger partial charge on any atom is 0.272 e. The molecule has 0 saturated heterocycles. The van der Waals surface area contributed by atoms with Crippen LogP contribution < -0.4 is 15.6 Å². The van der Waals surface area contributed by atoms with Crippen molar-refractivity contribution in [3.8, 4) is 5.75 Å². The number of nitrogens with one attached hydrogen (secondary N) is 1. The number of amides is 1. The van der Waals surface area contributed by atoms with E-state index in [9.17, 15) is 9.59 Å². The maximum atomic E-state index is 13.3. The van der Waals surface area contributed by atoms with Gasteiger partial charge in [-0.25, -0.2) is 4.98 Å². The van der Waals surface area contributed by atoms with E-state index in [2.05, 4.69) is 5.32 Å². The van der Waals surface area contributed by atoms with Crippen molar-refractivity contribution in [3.05, 3.63) is 58.9 Å². The quantitative estimate of drug-likeness (QED) is 0.199. The van der Waals surface area contributed by atoms with E-state index in [-0.39, 0.29) is 17.2 Å². The van der Waals surface area contributed by atoms with Crippen LogP contribution in [0.15, 0.2) is 58.5 Å². The molecule has 1 N–H and O–H groups in total. The van der Waals surface area contributed by atoms with Crippen LogP contribution in [-0.2, 0) is 16.1 Å². The predicted octanol–water partition coefficient (Wildman–Crippen LogP) is 4.78. The molecule has 0 bridgehead atoms. The molecule has 0 aliphatic carbocycles. The van der Waals surface area contributed by atoms with Gasteiger partial charge in [-0.05, 0) is 43.7 Å². The molecular weight excluding hydrogens is 458 g/mol. The molecule has 4 aromatic rings. The Kier molecular flexibility index (Phi) is 7.64. The zero-order valence-corrected chi connectivity index (χ0v) is 20.1. The molecule has 0 spiro atoms. The first-order chi connectivity index (χ1) is 16.1. The fourth-order valence-corrected chi connectivity index (χ4v) is 5.34. The predicted molar refractivity (Wildman–Crippen MR) is 135 cm³/mol. The van der Waals surface area contributed by atoms with Gasteiger partial charge in [-0.2, -0.15) is 0 Å². The molecule has 1 amide bonds. The second-order valence-electron chi connectivity index (χ2n) is 7.24. The van der Waals surface area contributed by atoms with Crippen molar-refractivity contribution < 1.29 is 14.3 Å². The van der Waals surface area contributed by atoms with Gasteiger partial charge in [0.25, 0.3) is 5.56 Å². The Morgan fingerprint density at radius 2 is 1.97 bits per heavy atom. The number of fused-ring (bicyclic) bond motifs is 3. The van der Waals surface area contributed by atoms with Crippen LogP contribution in [0, 0.1) is 0 Å². The molecule has 7 nitrogen and oxygen atoms in total. The number of benzene rings is 2. The number of nitrogens with zero attached hydrogens (tertiary/aromatic N) is 2. The lowest BCUT2D eigenvalue weighted by molar-refractivity contribution is -0.113. The third kappa shape index (κ3) is 5.38. The second-order valence-corrected chi connectivity index (χ2v) is 9.24. The van der Waals surface area contributed by atoms with Gasteiger partial charge in [-0.3, -0.25) is 14.2 Å². The lowest BCUT2D eigenvalue weighted by atomic mass is 10.2. The highest BCUT2D eigenvalue weighted by molar-refractivity contribution is 7.99. The molecule has 33 heavy (non-hydrogen) atoms. The van der Waals surface area contributed by atoms with Crippen LogP contribution in [0.2, 0.25) is 0 Å². The summed E-state index contributed by atoms with van der Waals surface area (Å²) in [7, 11) is 1.60. The van der Waals surface area contributed by atoms with E-state index in [1.165, 1.54) is 23.1 Å². The van der Waals surface area contributed by atoms with E-state index in [1.54, 1.807) is 35.9 Å². The molecule has 0 unspecified atom stereocenters. The fraction of sp³-hybridized carbons (Fsp3) is 0.292. The third-order valence-corrected chi connectivity index (χ3v) is 7.15. The van der Waals surface area contributed by atoms with Gasteiger partial charge in [-0.1, -0.05) is 30.0 Å². The lowest BCUT2D eigenvalue weighted by Crippen LogP contribution is -2.24. The number of ether oxygens (including phenoxy) is 2. The SMILES string of the molecule is CCOCCCn1c(SCC(=O)Nc2ccc(OC)cc2)nc2c(sc3ccccc32)c1=O. The van der Waals surface area contributed by atoms with Crippen molar-refractivity contribution in [1.82, 2.24) is 9.55 Å². The summed E-state index contributed by atoms with van der Waals surface area (Å²) in [4.78, 5) is 30.7. The number of hydrogen-bond acceptors (Lipinski definition) is 7. The molecule has 0 radical (unpaired) electrons. The average molecular weight is 484 g/mol. The van der Waals surface area contributed by atoms with Crippen molar-refractivity contribution in [1.29, 1.82) is 0 Å². The van der Waals surface area contributed by atoms with Gasteiger partial charge >= 0.3 is 0 Å². The number of thioether (sulfide) groups is 1. The molecule has 2 aromatic heterocycles. The van der Waals surface area contributed by atoms with E-state index in [0.29, 0.717) is 47.2 Å². The van der Waals surface area contributed by atoms with Crippen LogP contribution in [-0.4, -0.2) is 41.5 Å². The Bertz CT molecular complexity index is 1320. The summed E-state index contributed by atoms with van der Waals surface area (Å²) >= 11 is 2.72. The van der Waals surface area contributed by atoms with Crippen LogP contribution in [0.5, 0.6) is 5.75 Å². The second kappa shape index (κ2) is 10.8. The summed E-state index contributed by atoms with van der Waals surface area (Å²) in [6.07, 6.45) is 0.692. The van der Waals surface area contributed by atoms with Crippen molar-refractivity contribution in [2.75, 3.05) is 31.4 Å². The Labute approximate surface area is 199 Å². The normalized spacial score (nSPS) is 11.2. The topological polar surface area (TPSA) is 82.4 Å². The number of hydrogen-bond donors (Lipinski definition) is 1. The fourth-order valence-electron chi connectivity index (χ4n) is 3.43. The van der Waals surface area contributed by atoms with Gasteiger partial charge in [0.1, 0.15) is 10.4 Å². The van der Waals surface area contributed by atoms with Gasteiger partial charge in [0.2, 0.25) is 5.91 Å². The summed E-state index contributed by atoms with van der Waals surface area (Å²) < 4.78 is 13.9. The minimum Gasteiger partial charge on any atom is -0.497 e. The first-order valence-electron chi connectivity index (χ1n) is 10.7. The first-order valence-corrected chi connectivity index (χ1v) is 12.5. The first kappa shape index (κ1) is 23.3. The number of rotatable bonds is 10. The number of aromatic nitrogens is 2. The summed E-state index contributed by atoms with van der Waals surface area (Å²) in [5.74, 6) is 0.687. The van der Waals surface area contributed by atoms with Gasteiger partial charge in [0, 0.05) is 35.5 Å². The van der Waals surface area contributed by atoms with Crippen molar-refractivity contribution in [2.24, 2.45) is 0 Å². The monoisotopic (exact) mass is 483 g/mol. The molecule has 0 aliphatic heterocycles. The Morgan fingerprint density at radius 1 is 1.18 bits per heavy atom. The molecule has 4 rings (SSSR count). The minimum atomic E-state index is -0.171. The molecule has 9 heteroatoms. The molecule has 0 saturated carbocycles. The van der Waals surface area contributed by atoms with Crippen LogP contribution in [0.3, 0.4) is 0 Å². The highest BCUT2D eigenvalue weighted by Crippen LogP contribution is 2.31. The number of methoxy groups -OCH3 is 1. The van der Waals surface area contributed by atoms with Gasteiger partial charge < -0.3 is 14.8 Å². The molecule has 2 heterocycles. The number of anilines is 1. The van der Waals surface area contributed by atoms with Crippen molar-refractivity contribution >= 4 is 55.0 Å². The summed E-state index contributed by atoms with van der Waals surface area (Å²) in [6, 6.07) is 15.0. The Balaban J connectivity index is 1.58. The molecule has 0 fully saturated rings. The molecule has 0 aliphatic rings. The average Bonchev–Trinajstić information content (AvgIpc) is 3.21. The maximum absolute atomic E-state index is 13.3. The molecule has 2 aromatic carbocycles. The molecule has 0 atom stereocenters. The van der Waals surface area contributed by atoms with Gasteiger partial charge in [0.05, 0.1) is 18.4 Å². The standard InChI is InChI=1S/C24H25N3O4S2/c1-3-31-14-6-13-27-23(29)22-21(18-7-4-5-8-19(18)33-22)26-24(27)32-15-20(28)25-16-9-11-17(30-2)12-10-16/h4-5,7-12H,3,6,13-15H2,1-2H3,(H,25,28). The number of thiophene rings is 1.